The van der Waals surface area contributed by atoms with Crippen LogP contribution in [-0.4, -0.2) is 11.0 Å². The van der Waals surface area contributed by atoms with Crippen molar-refractivity contribution in [2.45, 2.75) is 25.8 Å². The fourth-order valence-corrected chi connectivity index (χ4v) is 2.51. The standard InChI is InChI=1S/C16H17N3O/c20-16(18-11-12-3-2-8-17-10-12)19-15-7-6-13-4-1-5-14(13)9-15/h2-3,6-10H,1,4-5,11H2,(H2,18,19,20). The van der Waals surface area contributed by atoms with Crippen LogP contribution >= 0.6 is 0 Å². The second kappa shape index (κ2) is 5.74. The third-order valence-electron chi connectivity index (χ3n) is 3.53. The molecule has 1 heterocycles. The quantitative estimate of drug-likeness (QED) is 0.898. The number of benzene rings is 1. The molecule has 0 fully saturated rings. The summed E-state index contributed by atoms with van der Waals surface area (Å²) in [6.07, 6.45) is 6.95. The molecule has 0 unspecified atom stereocenters. The molecule has 1 aliphatic rings. The van der Waals surface area contributed by atoms with Gasteiger partial charge in [0, 0.05) is 24.6 Å². The molecule has 0 radical (unpaired) electrons. The second-order valence-electron chi connectivity index (χ2n) is 5.01. The predicted molar refractivity (Wildman–Crippen MR) is 78.6 cm³/mol. The number of hydrogen-bond acceptors (Lipinski definition) is 2. The minimum Gasteiger partial charge on any atom is -0.334 e. The fourth-order valence-electron chi connectivity index (χ4n) is 2.51. The van der Waals surface area contributed by atoms with Gasteiger partial charge >= 0.3 is 6.03 Å². The summed E-state index contributed by atoms with van der Waals surface area (Å²) in [6, 6.07) is 9.75. The van der Waals surface area contributed by atoms with Crippen LogP contribution in [0.1, 0.15) is 23.1 Å². The minimum atomic E-state index is -0.188. The second-order valence-corrected chi connectivity index (χ2v) is 5.01. The van der Waals surface area contributed by atoms with E-state index in [1.54, 1.807) is 12.4 Å². The van der Waals surface area contributed by atoms with Gasteiger partial charge in [-0.15, -0.1) is 0 Å². The van der Waals surface area contributed by atoms with E-state index in [4.69, 9.17) is 0 Å². The average molecular weight is 267 g/mol. The van der Waals surface area contributed by atoms with Gasteiger partial charge in [-0.2, -0.15) is 0 Å². The summed E-state index contributed by atoms with van der Waals surface area (Å²) in [5.74, 6) is 0. The highest BCUT2D eigenvalue weighted by molar-refractivity contribution is 5.89. The lowest BCUT2D eigenvalue weighted by molar-refractivity contribution is 0.251. The van der Waals surface area contributed by atoms with Crippen molar-refractivity contribution in [1.29, 1.82) is 0 Å². The highest BCUT2D eigenvalue weighted by Crippen LogP contribution is 2.24. The molecule has 0 atom stereocenters. The molecule has 0 spiro atoms. The van der Waals surface area contributed by atoms with E-state index in [1.165, 1.54) is 17.5 Å². The number of nitrogens with zero attached hydrogens (tertiary/aromatic N) is 1. The average Bonchev–Trinajstić information content (AvgIpc) is 2.94. The van der Waals surface area contributed by atoms with Gasteiger partial charge in [-0.1, -0.05) is 12.1 Å². The smallest absolute Gasteiger partial charge is 0.319 e. The van der Waals surface area contributed by atoms with Crippen molar-refractivity contribution < 1.29 is 4.79 Å². The van der Waals surface area contributed by atoms with Crippen LogP contribution in [0.5, 0.6) is 0 Å². The van der Waals surface area contributed by atoms with Gasteiger partial charge in [0.2, 0.25) is 0 Å². The maximum absolute atomic E-state index is 11.8. The SMILES string of the molecule is O=C(NCc1cccnc1)Nc1ccc2c(c1)CCC2. The molecular formula is C16H17N3O. The Bertz CT molecular complexity index is 610. The molecule has 4 heteroatoms. The number of carbonyl (C=O) groups is 1. The summed E-state index contributed by atoms with van der Waals surface area (Å²) in [5, 5.41) is 5.70. The van der Waals surface area contributed by atoms with Crippen LogP contribution in [0.4, 0.5) is 10.5 Å². The predicted octanol–water partition coefficient (Wildman–Crippen LogP) is 2.89. The first kappa shape index (κ1) is 12.7. The Morgan fingerprint density at radius 3 is 2.95 bits per heavy atom. The number of hydrogen-bond donors (Lipinski definition) is 2. The van der Waals surface area contributed by atoms with Gasteiger partial charge in [0.15, 0.2) is 0 Å². The van der Waals surface area contributed by atoms with Crippen molar-refractivity contribution in [3.8, 4) is 0 Å². The number of fused-ring (bicyclic) bond motifs is 1. The number of pyridine rings is 1. The Kier molecular flexibility index (Phi) is 3.63. The van der Waals surface area contributed by atoms with E-state index in [-0.39, 0.29) is 6.03 Å². The lowest BCUT2D eigenvalue weighted by Crippen LogP contribution is -2.28. The number of aryl methyl sites for hydroxylation is 2. The van der Waals surface area contributed by atoms with E-state index in [0.29, 0.717) is 6.54 Å². The third-order valence-corrected chi connectivity index (χ3v) is 3.53. The first-order valence-corrected chi connectivity index (χ1v) is 6.87. The highest BCUT2D eigenvalue weighted by atomic mass is 16.2. The van der Waals surface area contributed by atoms with E-state index in [0.717, 1.165) is 24.1 Å². The number of urea groups is 1. The Labute approximate surface area is 118 Å². The normalized spacial score (nSPS) is 12.8. The molecule has 102 valence electrons. The number of anilines is 1. The highest BCUT2D eigenvalue weighted by Gasteiger charge is 2.11. The first-order valence-electron chi connectivity index (χ1n) is 6.87. The summed E-state index contributed by atoms with van der Waals surface area (Å²) < 4.78 is 0. The molecule has 0 saturated carbocycles. The van der Waals surface area contributed by atoms with Gasteiger partial charge in [0.05, 0.1) is 0 Å². The topological polar surface area (TPSA) is 54.0 Å². The molecule has 0 bridgehead atoms. The van der Waals surface area contributed by atoms with Crippen LogP contribution in [-0.2, 0) is 19.4 Å². The molecule has 0 aliphatic heterocycles. The van der Waals surface area contributed by atoms with Gasteiger partial charge in [-0.25, -0.2) is 4.79 Å². The van der Waals surface area contributed by atoms with Crippen molar-refractivity contribution in [3.63, 3.8) is 0 Å². The summed E-state index contributed by atoms with van der Waals surface area (Å²) >= 11 is 0. The number of rotatable bonds is 3. The first-order chi connectivity index (χ1) is 9.81. The summed E-state index contributed by atoms with van der Waals surface area (Å²) in [4.78, 5) is 15.9. The van der Waals surface area contributed by atoms with Gasteiger partial charge in [0.1, 0.15) is 0 Å². The molecule has 3 rings (SSSR count). The van der Waals surface area contributed by atoms with E-state index in [9.17, 15) is 4.79 Å². The molecule has 2 amide bonds. The Morgan fingerprint density at radius 1 is 1.20 bits per heavy atom. The summed E-state index contributed by atoms with van der Waals surface area (Å²) in [7, 11) is 0. The molecule has 2 aromatic rings. The van der Waals surface area contributed by atoms with Crippen LogP contribution in [0, 0.1) is 0 Å². The van der Waals surface area contributed by atoms with Crippen LogP contribution in [0.15, 0.2) is 42.7 Å². The third kappa shape index (κ3) is 2.96. The lowest BCUT2D eigenvalue weighted by Gasteiger charge is -2.09. The van der Waals surface area contributed by atoms with Gasteiger partial charge in [0.25, 0.3) is 0 Å². The molecule has 2 N–H and O–H groups in total. The van der Waals surface area contributed by atoms with Crippen LogP contribution in [0.25, 0.3) is 0 Å². The van der Waals surface area contributed by atoms with Crippen molar-refractivity contribution in [2.24, 2.45) is 0 Å². The van der Waals surface area contributed by atoms with Crippen LogP contribution in [0.3, 0.4) is 0 Å². The maximum atomic E-state index is 11.8. The number of nitrogens with one attached hydrogen (secondary N) is 2. The van der Waals surface area contributed by atoms with E-state index >= 15 is 0 Å². The van der Waals surface area contributed by atoms with E-state index in [2.05, 4.69) is 27.8 Å². The molecule has 1 aromatic heterocycles. The van der Waals surface area contributed by atoms with Gasteiger partial charge < -0.3 is 10.6 Å². The zero-order chi connectivity index (χ0) is 13.8. The molecule has 0 saturated heterocycles. The van der Waals surface area contributed by atoms with Crippen molar-refractivity contribution in [1.82, 2.24) is 10.3 Å². The number of carbonyl (C=O) groups excluding carboxylic acids is 1. The Morgan fingerprint density at radius 2 is 2.10 bits per heavy atom. The molecule has 1 aliphatic carbocycles. The minimum absolute atomic E-state index is 0.188. The van der Waals surface area contributed by atoms with Gasteiger partial charge in [-0.3, -0.25) is 4.98 Å². The summed E-state index contributed by atoms with van der Waals surface area (Å²) in [5.41, 5.74) is 4.60. The van der Waals surface area contributed by atoms with Crippen molar-refractivity contribution in [2.75, 3.05) is 5.32 Å². The Balaban J connectivity index is 1.56. The Hall–Kier alpha value is -2.36. The molecule has 1 aromatic carbocycles. The number of aromatic nitrogens is 1. The fraction of sp³-hybridized carbons (Fsp3) is 0.250. The van der Waals surface area contributed by atoms with Gasteiger partial charge in [-0.05, 0) is 54.2 Å². The zero-order valence-corrected chi connectivity index (χ0v) is 11.2. The van der Waals surface area contributed by atoms with Crippen LogP contribution in [0.2, 0.25) is 0 Å². The molecular weight excluding hydrogens is 250 g/mol. The lowest BCUT2D eigenvalue weighted by atomic mass is 10.1. The molecule has 20 heavy (non-hydrogen) atoms. The maximum Gasteiger partial charge on any atom is 0.319 e. The largest absolute Gasteiger partial charge is 0.334 e. The zero-order valence-electron chi connectivity index (χ0n) is 11.2. The van der Waals surface area contributed by atoms with E-state index in [1.807, 2.05) is 18.2 Å². The summed E-state index contributed by atoms with van der Waals surface area (Å²) in [6.45, 7) is 0.477. The van der Waals surface area contributed by atoms with Crippen molar-refractivity contribution in [3.05, 3.63) is 59.4 Å². The van der Waals surface area contributed by atoms with E-state index < -0.39 is 0 Å². The number of amides is 2. The van der Waals surface area contributed by atoms with Crippen molar-refractivity contribution >= 4 is 11.7 Å². The monoisotopic (exact) mass is 267 g/mol. The molecule has 4 nitrogen and oxygen atoms in total. The van der Waals surface area contributed by atoms with Crippen LogP contribution < -0.4 is 10.6 Å².